The first kappa shape index (κ1) is 7.47. The molecule has 0 bridgehead atoms. The Balaban J connectivity index is 3.56. The SMILES string of the molecule is CC(C)(C)C=CI. The van der Waals surface area contributed by atoms with E-state index in [4.69, 9.17) is 0 Å². The first-order valence-electron chi connectivity index (χ1n) is 2.34. The summed E-state index contributed by atoms with van der Waals surface area (Å²) in [6, 6.07) is 0. The Hall–Kier alpha value is 0.470. The third-order valence-corrected chi connectivity index (χ3v) is 0.923. The molecule has 0 N–H and O–H groups in total. The van der Waals surface area contributed by atoms with Crippen molar-refractivity contribution >= 4 is 22.6 Å². The predicted molar refractivity (Wildman–Crippen MR) is 42.6 cm³/mol. The zero-order valence-electron chi connectivity index (χ0n) is 5.03. The fourth-order valence-corrected chi connectivity index (χ4v) is 1.27. The van der Waals surface area contributed by atoms with Crippen molar-refractivity contribution in [3.8, 4) is 0 Å². The second-order valence-electron chi connectivity index (χ2n) is 2.66. The number of hydrogen-bond donors (Lipinski definition) is 0. The van der Waals surface area contributed by atoms with Gasteiger partial charge < -0.3 is 0 Å². The van der Waals surface area contributed by atoms with Gasteiger partial charge in [0, 0.05) is 0 Å². The molecule has 0 saturated carbocycles. The van der Waals surface area contributed by atoms with Crippen LogP contribution in [0.3, 0.4) is 0 Å². The van der Waals surface area contributed by atoms with Crippen molar-refractivity contribution in [1.29, 1.82) is 0 Å². The lowest BCUT2D eigenvalue weighted by Crippen LogP contribution is -1.96. The van der Waals surface area contributed by atoms with Crippen molar-refractivity contribution in [2.45, 2.75) is 20.8 Å². The van der Waals surface area contributed by atoms with Gasteiger partial charge >= 0.3 is 0 Å². The molecule has 0 aliphatic carbocycles. The normalized spacial score (nSPS) is 13.1. The van der Waals surface area contributed by atoms with E-state index in [2.05, 4.69) is 53.5 Å². The molecule has 42 valence electrons. The van der Waals surface area contributed by atoms with E-state index < -0.39 is 0 Å². The van der Waals surface area contributed by atoms with Gasteiger partial charge in [0.15, 0.2) is 0 Å². The van der Waals surface area contributed by atoms with Crippen molar-refractivity contribution in [3.05, 3.63) is 10.2 Å². The maximum absolute atomic E-state index is 2.23. The molecule has 0 aromatic carbocycles. The van der Waals surface area contributed by atoms with E-state index in [1.54, 1.807) is 0 Å². The van der Waals surface area contributed by atoms with Gasteiger partial charge in [0.1, 0.15) is 0 Å². The average molecular weight is 210 g/mol. The minimum atomic E-state index is 0.362. The Kier molecular flexibility index (Phi) is 2.88. The van der Waals surface area contributed by atoms with Gasteiger partial charge in [-0.1, -0.05) is 49.4 Å². The molecule has 1 heteroatoms. The summed E-state index contributed by atoms with van der Waals surface area (Å²) >= 11 is 2.23. The Morgan fingerprint density at radius 2 is 1.71 bits per heavy atom. The minimum absolute atomic E-state index is 0.362. The number of rotatable bonds is 0. The quantitative estimate of drug-likeness (QED) is 0.539. The van der Waals surface area contributed by atoms with Gasteiger partial charge in [0.2, 0.25) is 0 Å². The first-order chi connectivity index (χ1) is 3.06. The van der Waals surface area contributed by atoms with Crippen LogP contribution in [0.2, 0.25) is 0 Å². The van der Waals surface area contributed by atoms with Gasteiger partial charge in [0.25, 0.3) is 0 Å². The summed E-state index contributed by atoms with van der Waals surface area (Å²) < 4.78 is 2.05. The van der Waals surface area contributed by atoms with Crippen molar-refractivity contribution in [1.82, 2.24) is 0 Å². The maximum atomic E-state index is 2.23. The summed E-state index contributed by atoms with van der Waals surface area (Å²) in [7, 11) is 0. The minimum Gasteiger partial charge on any atom is -0.0731 e. The van der Waals surface area contributed by atoms with Crippen LogP contribution in [0.1, 0.15) is 20.8 Å². The van der Waals surface area contributed by atoms with Crippen LogP contribution in [-0.2, 0) is 0 Å². The van der Waals surface area contributed by atoms with Crippen LogP contribution in [0.15, 0.2) is 10.2 Å². The molecular formula is C6H11I. The summed E-state index contributed by atoms with van der Waals surface area (Å²) in [5.74, 6) is 0. The van der Waals surface area contributed by atoms with Crippen molar-refractivity contribution in [2.24, 2.45) is 5.41 Å². The van der Waals surface area contributed by atoms with Gasteiger partial charge in [-0.2, -0.15) is 0 Å². The van der Waals surface area contributed by atoms with Crippen LogP contribution in [0.5, 0.6) is 0 Å². The molecule has 0 radical (unpaired) electrons. The number of hydrogen-bond acceptors (Lipinski definition) is 0. The summed E-state index contributed by atoms with van der Waals surface area (Å²) in [5, 5.41) is 0. The molecule has 0 aliphatic rings. The first-order valence-corrected chi connectivity index (χ1v) is 3.59. The molecule has 0 unspecified atom stereocenters. The lowest BCUT2D eigenvalue weighted by molar-refractivity contribution is 0.545. The van der Waals surface area contributed by atoms with Crippen LogP contribution in [0.4, 0.5) is 0 Å². The van der Waals surface area contributed by atoms with Crippen LogP contribution in [-0.4, -0.2) is 0 Å². The Labute approximate surface area is 59.1 Å². The number of allylic oxidation sites excluding steroid dienone is 1. The highest BCUT2D eigenvalue weighted by Gasteiger charge is 2.01. The Morgan fingerprint density at radius 3 is 1.71 bits per heavy atom. The molecule has 0 nitrogen and oxygen atoms in total. The van der Waals surface area contributed by atoms with Gasteiger partial charge in [-0.05, 0) is 9.50 Å². The molecule has 0 amide bonds. The van der Waals surface area contributed by atoms with E-state index in [9.17, 15) is 0 Å². The highest BCUT2D eigenvalue weighted by Crippen LogP contribution is 2.14. The summed E-state index contributed by atoms with van der Waals surface area (Å²) in [5.41, 5.74) is 0.362. The van der Waals surface area contributed by atoms with Crippen LogP contribution < -0.4 is 0 Å². The molecule has 0 rings (SSSR count). The van der Waals surface area contributed by atoms with E-state index in [0.717, 1.165) is 0 Å². The largest absolute Gasteiger partial charge is 0.0731 e. The zero-order valence-corrected chi connectivity index (χ0v) is 7.19. The van der Waals surface area contributed by atoms with Gasteiger partial charge in [-0.15, -0.1) is 0 Å². The molecule has 0 aromatic rings. The van der Waals surface area contributed by atoms with E-state index in [-0.39, 0.29) is 0 Å². The highest BCUT2D eigenvalue weighted by molar-refractivity contribution is 14.1. The molecule has 0 heterocycles. The molecule has 0 atom stereocenters. The fourth-order valence-electron chi connectivity index (χ4n) is 0.189. The summed E-state index contributed by atoms with van der Waals surface area (Å²) in [6.45, 7) is 6.55. The standard InChI is InChI=1S/C6H11I/c1-6(2,3)4-5-7/h4-5H,1-3H3. The molecule has 0 spiro atoms. The Bertz CT molecular complexity index is 66.7. The molecule has 0 aromatic heterocycles. The smallest absolute Gasteiger partial charge is 0.0196 e. The molecule has 7 heavy (non-hydrogen) atoms. The van der Waals surface area contributed by atoms with Gasteiger partial charge in [-0.3, -0.25) is 0 Å². The monoisotopic (exact) mass is 210 g/mol. The highest BCUT2D eigenvalue weighted by atomic mass is 127. The van der Waals surface area contributed by atoms with Gasteiger partial charge in [0.05, 0.1) is 0 Å². The topological polar surface area (TPSA) is 0 Å². The van der Waals surface area contributed by atoms with Crippen molar-refractivity contribution in [3.63, 3.8) is 0 Å². The van der Waals surface area contributed by atoms with Crippen LogP contribution in [0.25, 0.3) is 0 Å². The maximum Gasteiger partial charge on any atom is -0.0196 e. The average Bonchev–Trinajstić information content (AvgIpc) is 1.30. The zero-order chi connectivity index (χ0) is 5.91. The number of halogens is 1. The third kappa shape index (κ3) is 6.47. The molecular weight excluding hydrogens is 199 g/mol. The van der Waals surface area contributed by atoms with E-state index in [1.165, 1.54) is 0 Å². The lowest BCUT2D eigenvalue weighted by Gasteiger charge is -2.09. The van der Waals surface area contributed by atoms with Gasteiger partial charge in [-0.25, -0.2) is 0 Å². The lowest BCUT2D eigenvalue weighted by atomic mass is 9.98. The van der Waals surface area contributed by atoms with Crippen molar-refractivity contribution < 1.29 is 0 Å². The predicted octanol–water partition coefficient (Wildman–Crippen LogP) is 2.98. The second-order valence-corrected chi connectivity index (χ2v) is 3.38. The van der Waals surface area contributed by atoms with Crippen LogP contribution >= 0.6 is 22.6 Å². The second kappa shape index (κ2) is 2.70. The third-order valence-electron chi connectivity index (χ3n) is 0.563. The van der Waals surface area contributed by atoms with E-state index >= 15 is 0 Å². The fraction of sp³-hybridized carbons (Fsp3) is 0.667. The van der Waals surface area contributed by atoms with E-state index in [0.29, 0.717) is 5.41 Å². The summed E-state index contributed by atoms with van der Waals surface area (Å²) in [4.78, 5) is 0. The molecule has 0 fully saturated rings. The summed E-state index contributed by atoms with van der Waals surface area (Å²) in [6.07, 6.45) is 2.17. The molecule has 0 aliphatic heterocycles. The Morgan fingerprint density at radius 1 is 1.29 bits per heavy atom. The van der Waals surface area contributed by atoms with E-state index in [1.807, 2.05) is 0 Å². The van der Waals surface area contributed by atoms with Crippen molar-refractivity contribution in [2.75, 3.05) is 0 Å². The van der Waals surface area contributed by atoms with Crippen LogP contribution in [0, 0.1) is 5.41 Å². The molecule has 0 saturated heterocycles.